The molecule has 1 aliphatic carbocycles. The topological polar surface area (TPSA) is 34.6 Å². The predicted molar refractivity (Wildman–Crippen MR) is 101 cm³/mol. The van der Waals surface area contributed by atoms with E-state index in [1.54, 1.807) is 6.07 Å². The first-order chi connectivity index (χ1) is 11.7. The Hall–Kier alpha value is -0.563. The third-order valence-electron chi connectivity index (χ3n) is 6.14. The SMILES string of the molecule is CC(C)(O[Si](C)(C)C(C)(C)C)c1cc(C2(C3(F)CC3)CO2)nc(Cl)c1F. The van der Waals surface area contributed by atoms with Crippen LogP contribution in [0, 0.1) is 5.82 Å². The standard InChI is InChI=1S/C19H28ClF2NO2Si/c1-16(2,3)26(6,7)25-17(4,5)12-10-13(23-15(20)14(12)21)19(11-24-19)18(22)8-9-18/h10H,8-9,11H2,1-7H3. The normalized spacial score (nSPS) is 25.3. The van der Waals surface area contributed by atoms with Crippen molar-refractivity contribution in [2.75, 3.05) is 6.61 Å². The van der Waals surface area contributed by atoms with Crippen LogP contribution in [0.25, 0.3) is 0 Å². The van der Waals surface area contributed by atoms with Gasteiger partial charge in [0.05, 0.1) is 17.9 Å². The number of nitrogens with zero attached hydrogens (tertiary/aromatic N) is 1. The Morgan fingerprint density at radius 2 is 1.77 bits per heavy atom. The first-order valence-electron chi connectivity index (χ1n) is 9.05. The van der Waals surface area contributed by atoms with Crippen molar-refractivity contribution in [1.29, 1.82) is 0 Å². The van der Waals surface area contributed by atoms with Crippen molar-refractivity contribution in [3.63, 3.8) is 0 Å². The predicted octanol–water partition coefficient (Wildman–Crippen LogP) is 5.86. The zero-order chi connectivity index (χ0) is 19.8. The molecular weight excluding hydrogens is 376 g/mol. The molecule has 2 fully saturated rings. The fourth-order valence-corrected chi connectivity index (χ4v) is 5.10. The van der Waals surface area contributed by atoms with E-state index in [9.17, 15) is 8.78 Å². The molecule has 1 aromatic rings. The number of pyridine rings is 1. The van der Waals surface area contributed by atoms with E-state index in [-0.39, 0.29) is 16.8 Å². The van der Waals surface area contributed by atoms with Gasteiger partial charge in [0.25, 0.3) is 0 Å². The third-order valence-corrected chi connectivity index (χ3v) is 11.0. The summed E-state index contributed by atoms with van der Waals surface area (Å²) in [6, 6.07) is 1.58. The highest BCUT2D eigenvalue weighted by molar-refractivity contribution is 6.74. The molecule has 1 aliphatic heterocycles. The van der Waals surface area contributed by atoms with E-state index < -0.39 is 31.0 Å². The van der Waals surface area contributed by atoms with E-state index >= 15 is 0 Å². The van der Waals surface area contributed by atoms with Gasteiger partial charge in [0.2, 0.25) is 0 Å². The molecule has 26 heavy (non-hydrogen) atoms. The third kappa shape index (κ3) is 3.13. The number of alkyl halides is 1. The molecule has 0 bridgehead atoms. The van der Waals surface area contributed by atoms with Gasteiger partial charge in [-0.25, -0.2) is 13.8 Å². The van der Waals surface area contributed by atoms with Crippen LogP contribution >= 0.6 is 11.6 Å². The maximum absolute atomic E-state index is 14.9. The molecule has 3 rings (SSSR count). The smallest absolute Gasteiger partial charge is 0.193 e. The summed E-state index contributed by atoms with van der Waals surface area (Å²) in [5, 5.41) is -0.290. The average molecular weight is 404 g/mol. The molecule has 0 amide bonds. The van der Waals surface area contributed by atoms with Crippen molar-refractivity contribution in [3.05, 3.63) is 28.3 Å². The first-order valence-corrected chi connectivity index (χ1v) is 12.3. The largest absolute Gasteiger partial charge is 0.408 e. The van der Waals surface area contributed by atoms with Crippen molar-refractivity contribution in [2.24, 2.45) is 0 Å². The minimum absolute atomic E-state index is 0.0295. The molecule has 0 aromatic carbocycles. The minimum atomic E-state index is -2.17. The van der Waals surface area contributed by atoms with Crippen molar-refractivity contribution in [1.82, 2.24) is 4.98 Å². The van der Waals surface area contributed by atoms with E-state index in [0.717, 1.165) is 0 Å². The van der Waals surface area contributed by atoms with Crippen LogP contribution in [0.1, 0.15) is 58.7 Å². The fraction of sp³-hybridized carbons (Fsp3) is 0.737. The van der Waals surface area contributed by atoms with E-state index in [4.69, 9.17) is 20.8 Å². The molecular formula is C19H28ClF2NO2Si. The number of epoxide rings is 1. The van der Waals surface area contributed by atoms with Crippen LogP contribution < -0.4 is 0 Å². The lowest BCUT2D eigenvalue weighted by atomic mass is 9.92. The highest BCUT2D eigenvalue weighted by atomic mass is 35.5. The van der Waals surface area contributed by atoms with Crippen molar-refractivity contribution < 1.29 is 17.9 Å². The van der Waals surface area contributed by atoms with Gasteiger partial charge >= 0.3 is 0 Å². The van der Waals surface area contributed by atoms with Crippen molar-refractivity contribution in [2.45, 2.75) is 82.5 Å². The van der Waals surface area contributed by atoms with Gasteiger partial charge in [-0.05, 0) is 50.9 Å². The highest BCUT2D eigenvalue weighted by Gasteiger charge is 2.71. The number of rotatable bonds is 5. The van der Waals surface area contributed by atoms with Gasteiger partial charge in [0.15, 0.2) is 24.9 Å². The Balaban J connectivity index is 2.02. The number of halogens is 3. The lowest BCUT2D eigenvalue weighted by Crippen LogP contribution is -2.46. The lowest BCUT2D eigenvalue weighted by Gasteiger charge is -2.43. The molecule has 3 nitrogen and oxygen atoms in total. The van der Waals surface area contributed by atoms with Crippen LogP contribution in [0.15, 0.2) is 6.07 Å². The summed E-state index contributed by atoms with van der Waals surface area (Å²) in [5.41, 5.74) is -2.74. The molecule has 2 aliphatic rings. The minimum Gasteiger partial charge on any atom is -0.408 e. The molecule has 146 valence electrons. The zero-order valence-corrected chi connectivity index (χ0v) is 18.4. The van der Waals surface area contributed by atoms with E-state index in [0.29, 0.717) is 24.1 Å². The summed E-state index contributed by atoms with van der Waals surface area (Å²) in [6.45, 7) is 14.5. The van der Waals surface area contributed by atoms with E-state index in [2.05, 4.69) is 38.8 Å². The van der Waals surface area contributed by atoms with Crippen LogP contribution in [0.2, 0.25) is 23.3 Å². The number of hydrogen-bond donors (Lipinski definition) is 0. The van der Waals surface area contributed by atoms with E-state index in [1.165, 1.54) is 0 Å². The Labute approximate surface area is 160 Å². The monoisotopic (exact) mass is 403 g/mol. The fourth-order valence-electron chi connectivity index (χ4n) is 3.21. The molecule has 1 saturated heterocycles. The molecule has 0 N–H and O–H groups in total. The van der Waals surface area contributed by atoms with Gasteiger partial charge in [-0.2, -0.15) is 0 Å². The quantitative estimate of drug-likeness (QED) is 0.351. The summed E-state index contributed by atoms with van der Waals surface area (Å²) in [6.07, 6.45) is 0.867. The van der Waals surface area contributed by atoms with Gasteiger partial charge < -0.3 is 9.16 Å². The molecule has 2 heterocycles. The van der Waals surface area contributed by atoms with Gasteiger partial charge in [-0.1, -0.05) is 32.4 Å². The number of aromatic nitrogens is 1. The number of hydrogen-bond acceptors (Lipinski definition) is 3. The second-order valence-electron chi connectivity index (χ2n) is 9.61. The molecule has 1 unspecified atom stereocenters. The Morgan fingerprint density at radius 3 is 2.19 bits per heavy atom. The Kier molecular flexibility index (Phi) is 4.44. The molecule has 0 spiro atoms. The summed E-state index contributed by atoms with van der Waals surface area (Å²) >= 11 is 6.08. The second-order valence-corrected chi connectivity index (χ2v) is 14.7. The Bertz CT molecular complexity index is 738. The van der Waals surface area contributed by atoms with Gasteiger partial charge in [0, 0.05) is 5.56 Å². The van der Waals surface area contributed by atoms with Crippen LogP contribution in [-0.4, -0.2) is 25.6 Å². The molecule has 7 heteroatoms. The lowest BCUT2D eigenvalue weighted by molar-refractivity contribution is 0.0849. The van der Waals surface area contributed by atoms with Crippen molar-refractivity contribution >= 4 is 19.9 Å². The van der Waals surface area contributed by atoms with Crippen LogP contribution in [0.5, 0.6) is 0 Å². The first kappa shape index (κ1) is 20.2. The maximum Gasteiger partial charge on any atom is 0.193 e. The maximum atomic E-state index is 14.9. The summed E-state index contributed by atoms with van der Waals surface area (Å²) < 4.78 is 41.6. The summed E-state index contributed by atoms with van der Waals surface area (Å²) in [5.74, 6) is -0.612. The molecule has 1 saturated carbocycles. The van der Waals surface area contributed by atoms with Crippen LogP contribution in [-0.2, 0) is 20.4 Å². The van der Waals surface area contributed by atoms with Gasteiger partial charge in [-0.15, -0.1) is 0 Å². The second kappa shape index (κ2) is 5.72. The van der Waals surface area contributed by atoms with Crippen LogP contribution in [0.4, 0.5) is 8.78 Å². The van der Waals surface area contributed by atoms with Gasteiger partial charge in [0.1, 0.15) is 5.67 Å². The zero-order valence-electron chi connectivity index (χ0n) is 16.6. The van der Waals surface area contributed by atoms with E-state index in [1.807, 2.05) is 13.8 Å². The molecule has 0 radical (unpaired) electrons. The average Bonchev–Trinajstić information content (AvgIpc) is 3.35. The highest BCUT2D eigenvalue weighted by Crippen LogP contribution is 2.62. The number of ether oxygens (including phenoxy) is 1. The van der Waals surface area contributed by atoms with Crippen LogP contribution in [0.3, 0.4) is 0 Å². The summed E-state index contributed by atoms with van der Waals surface area (Å²) in [7, 11) is -2.17. The van der Waals surface area contributed by atoms with Gasteiger partial charge in [-0.3, -0.25) is 0 Å². The van der Waals surface area contributed by atoms with Crippen molar-refractivity contribution in [3.8, 4) is 0 Å². The molecule has 1 aromatic heterocycles. The Morgan fingerprint density at radius 1 is 1.23 bits per heavy atom. The molecule has 1 atom stereocenters. The summed E-state index contributed by atoms with van der Waals surface area (Å²) in [4.78, 5) is 4.11.